The van der Waals surface area contributed by atoms with Crippen LogP contribution in [0.2, 0.25) is 0 Å². The average Bonchev–Trinajstić information content (AvgIpc) is 2.78. The van der Waals surface area contributed by atoms with Crippen LogP contribution in [0, 0.1) is 5.92 Å². The lowest BCUT2D eigenvalue weighted by Crippen LogP contribution is -2.39. The highest BCUT2D eigenvalue weighted by Crippen LogP contribution is 2.29. The first-order valence-electron chi connectivity index (χ1n) is 9.41. The number of imide groups is 1. The van der Waals surface area contributed by atoms with E-state index in [-0.39, 0.29) is 23.9 Å². The highest BCUT2D eigenvalue weighted by atomic mass is 16.2. The number of nitrogens with zero attached hydrogens (tertiary/aromatic N) is 2. The molecule has 6 nitrogen and oxygen atoms in total. The fraction of sp³-hybridized carbons (Fsp3) is 0.833. The molecule has 24 heavy (non-hydrogen) atoms. The Labute approximate surface area is 144 Å². The molecule has 1 aliphatic heterocycles. The first kappa shape index (κ1) is 18.7. The molecule has 1 N–H and O–H groups in total. The molecule has 1 heterocycles. The number of carbonyl (C=O) groups is 3. The Morgan fingerprint density at radius 1 is 1.17 bits per heavy atom. The van der Waals surface area contributed by atoms with E-state index in [2.05, 4.69) is 5.32 Å². The Kier molecular flexibility index (Phi) is 7.06. The molecule has 0 aromatic rings. The van der Waals surface area contributed by atoms with Crippen molar-refractivity contribution >= 4 is 17.8 Å². The number of urea groups is 1. The van der Waals surface area contributed by atoms with E-state index in [1.807, 2.05) is 11.8 Å². The molecule has 2 rings (SSSR count). The summed E-state index contributed by atoms with van der Waals surface area (Å²) >= 11 is 0. The lowest BCUT2D eigenvalue weighted by Gasteiger charge is -2.29. The second kappa shape index (κ2) is 9.04. The zero-order valence-electron chi connectivity index (χ0n) is 15.1. The van der Waals surface area contributed by atoms with Crippen LogP contribution >= 0.6 is 0 Å². The van der Waals surface area contributed by atoms with E-state index in [4.69, 9.17) is 0 Å². The van der Waals surface area contributed by atoms with E-state index >= 15 is 0 Å². The molecular weight excluding hydrogens is 306 g/mol. The van der Waals surface area contributed by atoms with Crippen molar-refractivity contribution < 1.29 is 14.4 Å². The van der Waals surface area contributed by atoms with Crippen molar-refractivity contribution in [2.24, 2.45) is 5.92 Å². The minimum absolute atomic E-state index is 0.0294. The number of carbonyl (C=O) groups excluding carboxylic acids is 3. The molecule has 0 bridgehead atoms. The van der Waals surface area contributed by atoms with Crippen molar-refractivity contribution in [2.75, 3.05) is 19.6 Å². The maximum absolute atomic E-state index is 12.6. The first-order chi connectivity index (χ1) is 11.5. The van der Waals surface area contributed by atoms with Gasteiger partial charge in [0.15, 0.2) is 0 Å². The van der Waals surface area contributed by atoms with Gasteiger partial charge >= 0.3 is 6.03 Å². The third kappa shape index (κ3) is 4.71. The number of hydrogen-bond donors (Lipinski definition) is 1. The van der Waals surface area contributed by atoms with Gasteiger partial charge in [-0.15, -0.1) is 0 Å². The molecule has 136 valence electrons. The number of hydrogen-bond acceptors (Lipinski definition) is 3. The molecule has 4 amide bonds. The van der Waals surface area contributed by atoms with Crippen LogP contribution in [0.5, 0.6) is 0 Å². The molecular formula is C18H31N3O3. The molecule has 0 unspecified atom stereocenters. The Balaban J connectivity index is 1.91. The van der Waals surface area contributed by atoms with Gasteiger partial charge in [0.25, 0.3) is 5.91 Å². The van der Waals surface area contributed by atoms with Crippen molar-refractivity contribution in [1.29, 1.82) is 0 Å². The maximum Gasteiger partial charge on any atom is 0.327 e. The summed E-state index contributed by atoms with van der Waals surface area (Å²) in [6, 6.07) is -0.420. The minimum Gasteiger partial charge on any atom is -0.356 e. The topological polar surface area (TPSA) is 69.7 Å². The van der Waals surface area contributed by atoms with Crippen molar-refractivity contribution in [3.63, 3.8) is 0 Å². The lowest BCUT2D eigenvalue weighted by atomic mass is 9.88. The molecule has 1 saturated carbocycles. The van der Waals surface area contributed by atoms with Gasteiger partial charge in [-0.1, -0.05) is 19.3 Å². The third-order valence-corrected chi connectivity index (χ3v) is 5.18. The summed E-state index contributed by atoms with van der Waals surface area (Å²) in [4.78, 5) is 39.2. The molecule has 1 aliphatic carbocycles. The van der Waals surface area contributed by atoms with Crippen LogP contribution in [0.4, 0.5) is 4.79 Å². The van der Waals surface area contributed by atoms with Crippen molar-refractivity contribution in [3.8, 4) is 0 Å². The normalized spacial score (nSPS) is 22.3. The van der Waals surface area contributed by atoms with Crippen molar-refractivity contribution in [2.45, 2.75) is 71.3 Å². The van der Waals surface area contributed by atoms with Gasteiger partial charge in [-0.05, 0) is 44.9 Å². The number of likely N-dealkylation sites (N-methyl/N-ethyl adjacent to an activating group) is 1. The van der Waals surface area contributed by atoms with Crippen LogP contribution in [-0.4, -0.2) is 53.3 Å². The number of unbranched alkanes of at least 4 members (excludes halogenated alkanes) is 1. The highest BCUT2D eigenvalue weighted by molar-refractivity contribution is 6.04. The maximum atomic E-state index is 12.6. The summed E-state index contributed by atoms with van der Waals surface area (Å²) in [6.07, 6.45) is 8.45. The van der Waals surface area contributed by atoms with E-state index in [0.717, 1.165) is 19.4 Å². The number of nitrogens with one attached hydrogen (secondary N) is 1. The predicted molar refractivity (Wildman–Crippen MR) is 92.4 cm³/mol. The standard InChI is InChI=1S/C18H31N3O3/c1-3-20-17(23)16(11-7-8-12-19-14(2)22)21(18(20)24)13-15-9-5-4-6-10-15/h15-16H,3-13H2,1-2H3,(H,19,22)/t16-/m0/s1. The quantitative estimate of drug-likeness (QED) is 0.546. The van der Waals surface area contributed by atoms with Gasteiger partial charge in [-0.3, -0.25) is 14.5 Å². The van der Waals surface area contributed by atoms with Gasteiger partial charge in [-0.2, -0.15) is 0 Å². The highest BCUT2D eigenvalue weighted by Gasteiger charge is 2.44. The smallest absolute Gasteiger partial charge is 0.327 e. The second-order valence-corrected chi connectivity index (χ2v) is 7.02. The Bertz CT molecular complexity index is 460. The fourth-order valence-corrected chi connectivity index (χ4v) is 3.85. The van der Waals surface area contributed by atoms with Crippen LogP contribution < -0.4 is 5.32 Å². The molecule has 2 fully saturated rings. The molecule has 1 saturated heterocycles. The molecule has 0 spiro atoms. The molecule has 2 aliphatic rings. The van der Waals surface area contributed by atoms with E-state index in [1.54, 1.807) is 0 Å². The summed E-state index contributed by atoms with van der Waals surface area (Å²) in [7, 11) is 0. The number of rotatable bonds is 8. The van der Waals surface area contributed by atoms with Gasteiger partial charge in [0.1, 0.15) is 6.04 Å². The van der Waals surface area contributed by atoms with Crippen LogP contribution in [0.3, 0.4) is 0 Å². The minimum atomic E-state index is -0.309. The largest absolute Gasteiger partial charge is 0.356 e. The third-order valence-electron chi connectivity index (χ3n) is 5.18. The zero-order valence-corrected chi connectivity index (χ0v) is 15.1. The van der Waals surface area contributed by atoms with Crippen LogP contribution in [0.1, 0.15) is 65.2 Å². The predicted octanol–water partition coefficient (Wildman–Crippen LogP) is 2.53. The SMILES string of the molecule is CCN1C(=O)[C@H](CCCCNC(C)=O)N(CC2CCCCC2)C1=O. The summed E-state index contributed by atoms with van der Waals surface area (Å²) in [6.45, 7) is 5.15. The van der Waals surface area contributed by atoms with Gasteiger partial charge in [0.2, 0.25) is 5.91 Å². The lowest BCUT2D eigenvalue weighted by molar-refractivity contribution is -0.128. The Hall–Kier alpha value is -1.59. The summed E-state index contributed by atoms with van der Waals surface area (Å²) < 4.78 is 0. The van der Waals surface area contributed by atoms with Crippen molar-refractivity contribution in [1.82, 2.24) is 15.1 Å². The van der Waals surface area contributed by atoms with E-state index in [1.165, 1.54) is 43.9 Å². The summed E-state index contributed by atoms with van der Waals surface area (Å²) in [5.74, 6) is 0.463. The second-order valence-electron chi connectivity index (χ2n) is 7.02. The number of amides is 4. The fourth-order valence-electron chi connectivity index (χ4n) is 3.85. The van der Waals surface area contributed by atoms with Gasteiger partial charge < -0.3 is 10.2 Å². The van der Waals surface area contributed by atoms with Gasteiger partial charge in [0.05, 0.1) is 0 Å². The van der Waals surface area contributed by atoms with E-state index in [0.29, 0.717) is 25.4 Å². The van der Waals surface area contributed by atoms with Gasteiger partial charge in [0, 0.05) is 26.6 Å². The molecule has 0 aromatic heterocycles. The Morgan fingerprint density at radius 2 is 1.88 bits per heavy atom. The molecule has 0 radical (unpaired) electrons. The first-order valence-corrected chi connectivity index (χ1v) is 9.41. The van der Waals surface area contributed by atoms with E-state index in [9.17, 15) is 14.4 Å². The Morgan fingerprint density at radius 3 is 2.50 bits per heavy atom. The van der Waals surface area contributed by atoms with E-state index < -0.39 is 0 Å². The summed E-state index contributed by atoms with van der Waals surface area (Å²) in [5.41, 5.74) is 0. The summed E-state index contributed by atoms with van der Waals surface area (Å²) in [5, 5.41) is 2.77. The van der Waals surface area contributed by atoms with Gasteiger partial charge in [-0.25, -0.2) is 4.79 Å². The zero-order chi connectivity index (χ0) is 17.5. The van der Waals surface area contributed by atoms with Crippen molar-refractivity contribution in [3.05, 3.63) is 0 Å². The average molecular weight is 337 g/mol. The monoisotopic (exact) mass is 337 g/mol. The van der Waals surface area contributed by atoms with Crippen LogP contribution in [0.25, 0.3) is 0 Å². The van der Waals surface area contributed by atoms with Crippen LogP contribution in [0.15, 0.2) is 0 Å². The van der Waals surface area contributed by atoms with Crippen LogP contribution in [-0.2, 0) is 9.59 Å². The molecule has 1 atom stereocenters. The molecule has 0 aromatic carbocycles. The molecule has 6 heteroatoms.